The number of carboxylic acid groups (broad SMARTS) is 5. The molecule has 0 amide bonds. The molecule has 0 spiro atoms. The van der Waals surface area contributed by atoms with Gasteiger partial charge in [-0.05, 0) is 6.42 Å². The smallest absolute Gasteiger partial charge is 0.481 e. The van der Waals surface area contributed by atoms with Crippen molar-refractivity contribution in [3.05, 3.63) is 0 Å². The molecule has 0 saturated carbocycles. The highest BCUT2D eigenvalue weighted by Crippen LogP contribution is 1.91. The van der Waals surface area contributed by atoms with Gasteiger partial charge in [0.2, 0.25) is 0 Å². The van der Waals surface area contributed by atoms with Crippen molar-refractivity contribution in [2.45, 2.75) is 26.2 Å². The Labute approximate surface area is 85.4 Å². The third kappa shape index (κ3) is 298. The average Bonchev–Trinajstić information content (AvgIpc) is 1.98. The molecule has 0 rings (SSSR count). The average molecular weight is 226 g/mol. The van der Waals surface area contributed by atoms with Crippen molar-refractivity contribution in [3.8, 4) is 0 Å². The first kappa shape index (κ1) is 18.7. The monoisotopic (exact) mass is 226 g/mol. The van der Waals surface area contributed by atoms with Crippen LogP contribution in [0, 0.1) is 0 Å². The van der Waals surface area contributed by atoms with Gasteiger partial charge in [0.15, 0.2) is 0 Å². The molecule has 0 aliphatic rings. The van der Waals surface area contributed by atoms with E-state index in [1.54, 1.807) is 0 Å². The van der Waals surface area contributed by atoms with Gasteiger partial charge >= 0.3 is 18.3 Å². The summed E-state index contributed by atoms with van der Waals surface area (Å²) in [6, 6.07) is 0. The number of carboxylic acids is 1. The van der Waals surface area contributed by atoms with Gasteiger partial charge in [-0.15, -0.1) is 0 Å². The zero-order valence-electron chi connectivity index (χ0n) is 8.08. The summed E-state index contributed by atoms with van der Waals surface area (Å²) in [5, 5.41) is 35.9. The summed E-state index contributed by atoms with van der Waals surface area (Å²) in [5.74, 6) is -0.693. The Balaban J connectivity index is -0.000000155. The predicted octanol–water partition coefficient (Wildman–Crippen LogP) is 1.71. The molecule has 0 atom stereocenters. The molecule has 0 aliphatic carbocycles. The van der Waals surface area contributed by atoms with E-state index in [1.807, 2.05) is 6.92 Å². The Bertz CT molecular complexity index is 167. The number of aliphatic carboxylic acids is 1. The standard InChI is InChI=1S/C5H10O2.2CH2O3/c1-2-3-4-5(6)7;2*2-1(3)4/h2-4H2,1H3,(H,6,7);2*(H2,2,3,4). The van der Waals surface area contributed by atoms with Crippen LogP contribution in [0.2, 0.25) is 0 Å². The fourth-order valence-corrected chi connectivity index (χ4v) is 0.328. The molecule has 0 aromatic heterocycles. The fraction of sp³-hybridized carbons (Fsp3) is 0.571. The summed E-state index contributed by atoms with van der Waals surface area (Å²) in [6.45, 7) is 1.98. The number of rotatable bonds is 3. The summed E-state index contributed by atoms with van der Waals surface area (Å²) in [7, 11) is 0. The van der Waals surface area contributed by atoms with Crippen LogP contribution in [0.3, 0.4) is 0 Å². The van der Waals surface area contributed by atoms with E-state index in [4.69, 9.17) is 35.1 Å². The SMILES string of the molecule is CCCCC(=O)O.O=C(O)O.O=C(O)O. The Morgan fingerprint density at radius 1 is 0.867 bits per heavy atom. The lowest BCUT2D eigenvalue weighted by atomic mass is 10.3. The van der Waals surface area contributed by atoms with Crippen molar-refractivity contribution in [3.63, 3.8) is 0 Å². The van der Waals surface area contributed by atoms with Crippen molar-refractivity contribution < 1.29 is 39.9 Å². The highest BCUT2D eigenvalue weighted by molar-refractivity contribution is 5.66. The molecule has 15 heavy (non-hydrogen) atoms. The summed E-state index contributed by atoms with van der Waals surface area (Å²) in [4.78, 5) is 26.9. The lowest BCUT2D eigenvalue weighted by molar-refractivity contribution is -0.137. The van der Waals surface area contributed by atoms with Crippen molar-refractivity contribution in [2.75, 3.05) is 0 Å². The third-order valence-corrected chi connectivity index (χ3v) is 0.744. The van der Waals surface area contributed by atoms with Crippen molar-refractivity contribution in [1.82, 2.24) is 0 Å². The Kier molecular flexibility index (Phi) is 18.1. The summed E-state index contributed by atoms with van der Waals surface area (Å²) in [5.41, 5.74) is 0. The molecular weight excluding hydrogens is 212 g/mol. The Morgan fingerprint density at radius 3 is 1.20 bits per heavy atom. The van der Waals surface area contributed by atoms with E-state index >= 15 is 0 Å². The molecule has 0 unspecified atom stereocenters. The second-order valence-corrected chi connectivity index (χ2v) is 2.06. The lowest BCUT2D eigenvalue weighted by Crippen LogP contribution is -1.91. The molecule has 0 aromatic carbocycles. The van der Waals surface area contributed by atoms with Crippen molar-refractivity contribution in [1.29, 1.82) is 0 Å². The first-order chi connectivity index (χ1) is 6.73. The zero-order valence-corrected chi connectivity index (χ0v) is 8.08. The maximum absolute atomic E-state index is 9.76. The minimum absolute atomic E-state index is 0.316. The van der Waals surface area contributed by atoms with E-state index in [-0.39, 0.29) is 0 Å². The van der Waals surface area contributed by atoms with Gasteiger partial charge in [-0.2, -0.15) is 0 Å². The lowest BCUT2D eigenvalue weighted by Gasteiger charge is -1.85. The second-order valence-electron chi connectivity index (χ2n) is 2.06. The number of unbranched alkanes of at least 4 members (excludes halogenated alkanes) is 1. The molecule has 8 heteroatoms. The normalized spacial score (nSPS) is 7.27. The van der Waals surface area contributed by atoms with Gasteiger partial charge in [0.1, 0.15) is 0 Å². The third-order valence-electron chi connectivity index (χ3n) is 0.744. The highest BCUT2D eigenvalue weighted by Gasteiger charge is 1.90. The van der Waals surface area contributed by atoms with Gasteiger partial charge in [-0.1, -0.05) is 13.3 Å². The topological polar surface area (TPSA) is 152 Å². The zero-order chi connectivity index (χ0) is 12.9. The molecule has 0 saturated heterocycles. The molecule has 0 aromatic rings. The van der Waals surface area contributed by atoms with Crippen LogP contribution in [0.15, 0.2) is 0 Å². The first-order valence-electron chi connectivity index (χ1n) is 3.79. The van der Waals surface area contributed by atoms with Crippen LogP contribution in [0.1, 0.15) is 26.2 Å². The molecule has 0 aliphatic heterocycles. The molecule has 0 heterocycles. The fourth-order valence-electron chi connectivity index (χ4n) is 0.328. The predicted molar refractivity (Wildman–Crippen MR) is 48.5 cm³/mol. The molecular formula is C7H14O8. The molecule has 0 radical (unpaired) electrons. The second kappa shape index (κ2) is 14.5. The highest BCUT2D eigenvalue weighted by atomic mass is 16.6. The maximum atomic E-state index is 9.76. The van der Waals surface area contributed by atoms with Gasteiger partial charge in [0, 0.05) is 6.42 Å². The molecule has 5 N–H and O–H groups in total. The molecule has 0 fully saturated rings. The van der Waals surface area contributed by atoms with E-state index in [0.29, 0.717) is 6.42 Å². The summed E-state index contributed by atoms with van der Waals surface area (Å²) in [6.07, 6.45) is -1.59. The number of hydrogen-bond donors (Lipinski definition) is 5. The van der Waals surface area contributed by atoms with E-state index in [2.05, 4.69) is 0 Å². The van der Waals surface area contributed by atoms with Crippen LogP contribution >= 0.6 is 0 Å². The molecule has 8 nitrogen and oxygen atoms in total. The van der Waals surface area contributed by atoms with Gasteiger partial charge < -0.3 is 25.5 Å². The number of carbonyl (C=O) groups is 3. The minimum Gasteiger partial charge on any atom is -0.481 e. The van der Waals surface area contributed by atoms with Gasteiger partial charge in [0.25, 0.3) is 0 Å². The van der Waals surface area contributed by atoms with Crippen LogP contribution in [0.5, 0.6) is 0 Å². The minimum atomic E-state index is -1.83. The summed E-state index contributed by atoms with van der Waals surface area (Å²) < 4.78 is 0. The largest absolute Gasteiger partial charge is 0.503 e. The van der Waals surface area contributed by atoms with Gasteiger partial charge in [-0.3, -0.25) is 4.79 Å². The van der Waals surface area contributed by atoms with Crippen molar-refractivity contribution in [2.24, 2.45) is 0 Å². The van der Waals surface area contributed by atoms with Crippen molar-refractivity contribution >= 4 is 18.3 Å². The van der Waals surface area contributed by atoms with Crippen LogP contribution in [-0.2, 0) is 4.79 Å². The van der Waals surface area contributed by atoms with Gasteiger partial charge in [0.05, 0.1) is 0 Å². The Hall–Kier alpha value is -1.99. The summed E-state index contributed by atoms with van der Waals surface area (Å²) >= 11 is 0. The van der Waals surface area contributed by atoms with Crippen LogP contribution in [0.4, 0.5) is 9.59 Å². The first-order valence-corrected chi connectivity index (χ1v) is 3.79. The molecule has 90 valence electrons. The van der Waals surface area contributed by atoms with E-state index in [9.17, 15) is 4.79 Å². The van der Waals surface area contributed by atoms with E-state index < -0.39 is 18.3 Å². The van der Waals surface area contributed by atoms with E-state index in [0.717, 1.165) is 12.8 Å². The van der Waals surface area contributed by atoms with Crippen LogP contribution in [-0.4, -0.2) is 43.8 Å². The number of hydrogen-bond acceptors (Lipinski definition) is 3. The Morgan fingerprint density at radius 2 is 1.13 bits per heavy atom. The molecule has 0 bridgehead atoms. The van der Waals surface area contributed by atoms with Crippen LogP contribution in [0.25, 0.3) is 0 Å². The van der Waals surface area contributed by atoms with E-state index in [1.165, 1.54) is 0 Å². The van der Waals surface area contributed by atoms with Crippen LogP contribution < -0.4 is 0 Å². The maximum Gasteiger partial charge on any atom is 0.503 e. The quantitative estimate of drug-likeness (QED) is 0.487. The van der Waals surface area contributed by atoms with Gasteiger partial charge in [-0.25, -0.2) is 9.59 Å².